The van der Waals surface area contributed by atoms with Crippen LogP contribution in [0.1, 0.15) is 5.56 Å². The van der Waals surface area contributed by atoms with Gasteiger partial charge in [-0.1, -0.05) is 30.3 Å². The van der Waals surface area contributed by atoms with Gasteiger partial charge in [-0.3, -0.25) is 0 Å². The van der Waals surface area contributed by atoms with Crippen LogP contribution < -0.4 is 11.1 Å². The summed E-state index contributed by atoms with van der Waals surface area (Å²) in [6.07, 6.45) is 0. The molecule has 2 aromatic carbocycles. The smallest absolute Gasteiger partial charge is 0.146 e. The zero-order valence-corrected chi connectivity index (χ0v) is 8.78. The first kappa shape index (κ1) is 10.5. The molecule has 0 fully saturated rings. The summed E-state index contributed by atoms with van der Waals surface area (Å²) in [5.74, 6) is -0.368. The van der Waals surface area contributed by atoms with E-state index in [4.69, 9.17) is 5.73 Å². The molecule has 16 heavy (non-hydrogen) atoms. The first-order valence-corrected chi connectivity index (χ1v) is 5.09. The Kier molecular flexibility index (Phi) is 3.05. The topological polar surface area (TPSA) is 38.0 Å². The number of hydrogen-bond acceptors (Lipinski definition) is 2. The lowest BCUT2D eigenvalue weighted by atomic mass is 10.1. The highest BCUT2D eigenvalue weighted by Gasteiger charge is 2.03. The van der Waals surface area contributed by atoms with Crippen molar-refractivity contribution in [2.45, 2.75) is 6.54 Å². The van der Waals surface area contributed by atoms with Crippen LogP contribution in [0.2, 0.25) is 0 Å². The third-order valence-corrected chi connectivity index (χ3v) is 2.40. The van der Waals surface area contributed by atoms with Gasteiger partial charge < -0.3 is 11.1 Å². The maximum Gasteiger partial charge on any atom is 0.146 e. The number of anilines is 2. The minimum atomic E-state index is -0.368. The summed E-state index contributed by atoms with van der Waals surface area (Å²) < 4.78 is 13.2. The molecular weight excluding hydrogens is 203 g/mol. The fourth-order valence-corrected chi connectivity index (χ4v) is 1.49. The number of benzene rings is 2. The Balaban J connectivity index is 2.08. The minimum absolute atomic E-state index is 0.214. The summed E-state index contributed by atoms with van der Waals surface area (Å²) in [5, 5.41) is 3.18. The molecule has 0 atom stereocenters. The van der Waals surface area contributed by atoms with Crippen molar-refractivity contribution in [3.8, 4) is 0 Å². The minimum Gasteiger partial charge on any atom is -0.396 e. The lowest BCUT2D eigenvalue weighted by Crippen LogP contribution is -2.04. The number of nitrogens with two attached hydrogens (primary N) is 1. The molecule has 2 nitrogen and oxygen atoms in total. The van der Waals surface area contributed by atoms with E-state index in [1.807, 2.05) is 36.4 Å². The van der Waals surface area contributed by atoms with Crippen molar-refractivity contribution in [2.75, 3.05) is 11.1 Å². The SMILES string of the molecule is Nc1c(F)cccc1CNc1ccccc1. The number of rotatable bonds is 3. The van der Waals surface area contributed by atoms with Crippen LogP contribution in [0.25, 0.3) is 0 Å². The van der Waals surface area contributed by atoms with Gasteiger partial charge in [-0.2, -0.15) is 0 Å². The van der Waals surface area contributed by atoms with Gasteiger partial charge in [0.05, 0.1) is 5.69 Å². The number of halogens is 1. The zero-order valence-electron chi connectivity index (χ0n) is 8.78. The van der Waals surface area contributed by atoms with Gasteiger partial charge in [-0.05, 0) is 23.8 Å². The number of para-hydroxylation sites is 2. The van der Waals surface area contributed by atoms with Crippen molar-refractivity contribution in [3.63, 3.8) is 0 Å². The third-order valence-electron chi connectivity index (χ3n) is 2.40. The van der Waals surface area contributed by atoms with E-state index < -0.39 is 0 Å². The van der Waals surface area contributed by atoms with Crippen LogP contribution in [0.4, 0.5) is 15.8 Å². The Morgan fingerprint density at radius 2 is 1.75 bits per heavy atom. The first-order chi connectivity index (χ1) is 7.77. The predicted molar refractivity (Wildman–Crippen MR) is 64.6 cm³/mol. The molecule has 2 rings (SSSR count). The Bertz CT molecular complexity index is 469. The van der Waals surface area contributed by atoms with Crippen molar-refractivity contribution < 1.29 is 4.39 Å². The predicted octanol–water partition coefficient (Wildman–Crippen LogP) is 3.02. The fourth-order valence-electron chi connectivity index (χ4n) is 1.49. The Morgan fingerprint density at radius 1 is 1.00 bits per heavy atom. The maximum atomic E-state index is 13.2. The molecule has 0 saturated carbocycles. The first-order valence-electron chi connectivity index (χ1n) is 5.09. The lowest BCUT2D eigenvalue weighted by Gasteiger charge is -2.09. The molecule has 0 aliphatic rings. The van der Waals surface area contributed by atoms with Crippen molar-refractivity contribution >= 4 is 11.4 Å². The van der Waals surface area contributed by atoms with Crippen LogP contribution >= 0.6 is 0 Å². The van der Waals surface area contributed by atoms with Crippen molar-refractivity contribution in [1.29, 1.82) is 0 Å². The van der Waals surface area contributed by atoms with E-state index in [2.05, 4.69) is 5.32 Å². The monoisotopic (exact) mass is 216 g/mol. The standard InChI is InChI=1S/C13H13FN2/c14-12-8-4-5-10(13(12)15)9-16-11-6-2-1-3-7-11/h1-8,16H,9,15H2. The van der Waals surface area contributed by atoms with Crippen molar-refractivity contribution in [3.05, 3.63) is 59.9 Å². The molecule has 3 N–H and O–H groups in total. The fraction of sp³-hybridized carbons (Fsp3) is 0.0769. The van der Waals surface area contributed by atoms with E-state index in [-0.39, 0.29) is 11.5 Å². The second-order valence-electron chi connectivity index (χ2n) is 3.53. The summed E-state index contributed by atoms with van der Waals surface area (Å²) in [4.78, 5) is 0. The quantitative estimate of drug-likeness (QED) is 0.774. The average molecular weight is 216 g/mol. The van der Waals surface area contributed by atoms with Gasteiger partial charge in [0.15, 0.2) is 0 Å². The molecule has 0 heterocycles. The lowest BCUT2D eigenvalue weighted by molar-refractivity contribution is 0.631. The molecule has 0 bridgehead atoms. The summed E-state index contributed by atoms with van der Waals surface area (Å²) in [7, 11) is 0. The van der Waals surface area contributed by atoms with Crippen LogP contribution in [-0.4, -0.2) is 0 Å². The van der Waals surface area contributed by atoms with Crippen molar-refractivity contribution in [2.24, 2.45) is 0 Å². The summed E-state index contributed by atoms with van der Waals surface area (Å²) in [5.41, 5.74) is 7.60. The van der Waals surface area contributed by atoms with Gasteiger partial charge >= 0.3 is 0 Å². The summed E-state index contributed by atoms with van der Waals surface area (Å²) in [6, 6.07) is 14.6. The summed E-state index contributed by atoms with van der Waals surface area (Å²) in [6.45, 7) is 0.521. The van der Waals surface area contributed by atoms with Crippen molar-refractivity contribution in [1.82, 2.24) is 0 Å². The van der Waals surface area contributed by atoms with Crippen LogP contribution in [0.3, 0.4) is 0 Å². The van der Waals surface area contributed by atoms with Gasteiger partial charge in [0, 0.05) is 12.2 Å². The molecule has 0 aliphatic carbocycles. The molecule has 0 unspecified atom stereocenters. The van der Waals surface area contributed by atoms with E-state index >= 15 is 0 Å². The normalized spacial score (nSPS) is 10.1. The highest BCUT2D eigenvalue weighted by atomic mass is 19.1. The average Bonchev–Trinajstić information content (AvgIpc) is 2.32. The Morgan fingerprint density at radius 3 is 2.50 bits per heavy atom. The highest BCUT2D eigenvalue weighted by Crippen LogP contribution is 2.17. The molecule has 0 aliphatic heterocycles. The van der Waals surface area contributed by atoms with E-state index in [1.165, 1.54) is 6.07 Å². The second kappa shape index (κ2) is 4.66. The molecular formula is C13H13FN2. The molecule has 0 saturated heterocycles. The molecule has 82 valence electrons. The second-order valence-corrected chi connectivity index (χ2v) is 3.53. The van der Waals surface area contributed by atoms with Gasteiger partial charge in [0.25, 0.3) is 0 Å². The Labute approximate surface area is 93.9 Å². The van der Waals surface area contributed by atoms with Crippen LogP contribution in [0, 0.1) is 5.82 Å². The van der Waals surface area contributed by atoms with Crippen LogP contribution in [-0.2, 0) is 6.54 Å². The molecule has 2 aromatic rings. The molecule has 3 heteroatoms. The van der Waals surface area contributed by atoms with E-state index in [1.54, 1.807) is 6.07 Å². The van der Waals surface area contributed by atoms with Gasteiger partial charge in [-0.25, -0.2) is 4.39 Å². The zero-order chi connectivity index (χ0) is 11.4. The molecule has 0 spiro atoms. The Hall–Kier alpha value is -2.03. The maximum absolute atomic E-state index is 13.2. The number of hydrogen-bond donors (Lipinski definition) is 2. The number of nitrogen functional groups attached to an aromatic ring is 1. The highest BCUT2D eigenvalue weighted by molar-refractivity contribution is 5.51. The summed E-state index contributed by atoms with van der Waals surface area (Å²) >= 11 is 0. The largest absolute Gasteiger partial charge is 0.396 e. The third kappa shape index (κ3) is 2.31. The molecule has 0 aromatic heterocycles. The van der Waals surface area contributed by atoms with E-state index in [0.717, 1.165) is 11.3 Å². The number of nitrogens with one attached hydrogen (secondary N) is 1. The van der Waals surface area contributed by atoms with E-state index in [9.17, 15) is 4.39 Å². The van der Waals surface area contributed by atoms with Crippen LogP contribution in [0.15, 0.2) is 48.5 Å². The molecule has 0 radical (unpaired) electrons. The van der Waals surface area contributed by atoms with Gasteiger partial charge in [0.1, 0.15) is 5.82 Å². The van der Waals surface area contributed by atoms with Crippen LogP contribution in [0.5, 0.6) is 0 Å². The molecule has 0 amide bonds. The van der Waals surface area contributed by atoms with Gasteiger partial charge in [0.2, 0.25) is 0 Å². The van der Waals surface area contributed by atoms with Gasteiger partial charge in [-0.15, -0.1) is 0 Å². The van der Waals surface area contributed by atoms with E-state index in [0.29, 0.717) is 6.54 Å².